The minimum absolute atomic E-state index is 0.212. The second-order valence-corrected chi connectivity index (χ2v) is 4.33. The SMILES string of the molecule is CCNCc1ccc(O[C@H](C)CC)c(OCC)c1. The van der Waals surface area contributed by atoms with Crippen LogP contribution in [0.3, 0.4) is 0 Å². The van der Waals surface area contributed by atoms with E-state index in [4.69, 9.17) is 9.47 Å². The Kier molecular flexibility index (Phi) is 6.58. The predicted molar refractivity (Wildman–Crippen MR) is 75.4 cm³/mol. The molecule has 1 atom stereocenters. The van der Waals surface area contributed by atoms with Crippen molar-refractivity contribution in [3.8, 4) is 11.5 Å². The van der Waals surface area contributed by atoms with E-state index in [0.29, 0.717) is 6.61 Å². The molecular weight excluding hydrogens is 226 g/mol. The Morgan fingerprint density at radius 1 is 1.17 bits per heavy atom. The highest BCUT2D eigenvalue weighted by atomic mass is 16.5. The third kappa shape index (κ3) is 4.57. The van der Waals surface area contributed by atoms with Gasteiger partial charge >= 0.3 is 0 Å². The molecule has 0 heterocycles. The first-order chi connectivity index (χ1) is 8.71. The van der Waals surface area contributed by atoms with Gasteiger partial charge in [-0.15, -0.1) is 0 Å². The van der Waals surface area contributed by atoms with Gasteiger partial charge in [0.2, 0.25) is 0 Å². The van der Waals surface area contributed by atoms with Gasteiger partial charge in [-0.1, -0.05) is 19.9 Å². The first-order valence-electron chi connectivity index (χ1n) is 6.84. The maximum absolute atomic E-state index is 5.86. The number of hydrogen-bond acceptors (Lipinski definition) is 3. The van der Waals surface area contributed by atoms with E-state index >= 15 is 0 Å². The van der Waals surface area contributed by atoms with Crippen LogP contribution in [0, 0.1) is 0 Å². The van der Waals surface area contributed by atoms with Crippen LogP contribution >= 0.6 is 0 Å². The Balaban J connectivity index is 2.82. The molecular formula is C15H25NO2. The fourth-order valence-electron chi connectivity index (χ4n) is 1.60. The topological polar surface area (TPSA) is 30.5 Å². The molecule has 0 aliphatic rings. The van der Waals surface area contributed by atoms with Crippen molar-refractivity contribution < 1.29 is 9.47 Å². The zero-order valence-corrected chi connectivity index (χ0v) is 12.0. The van der Waals surface area contributed by atoms with Gasteiger partial charge in [-0.25, -0.2) is 0 Å². The van der Waals surface area contributed by atoms with Crippen molar-refractivity contribution in [1.82, 2.24) is 5.32 Å². The fourth-order valence-corrected chi connectivity index (χ4v) is 1.60. The minimum atomic E-state index is 0.212. The van der Waals surface area contributed by atoms with Crippen molar-refractivity contribution >= 4 is 0 Å². The van der Waals surface area contributed by atoms with Crippen LogP contribution in [0.2, 0.25) is 0 Å². The van der Waals surface area contributed by atoms with Gasteiger partial charge < -0.3 is 14.8 Å². The summed E-state index contributed by atoms with van der Waals surface area (Å²) in [6.07, 6.45) is 1.20. The monoisotopic (exact) mass is 251 g/mol. The molecule has 102 valence electrons. The van der Waals surface area contributed by atoms with Gasteiger partial charge in [-0.05, 0) is 44.5 Å². The predicted octanol–water partition coefficient (Wildman–Crippen LogP) is 3.37. The molecule has 0 aliphatic carbocycles. The molecule has 0 spiro atoms. The molecule has 1 rings (SSSR count). The Morgan fingerprint density at radius 2 is 1.94 bits per heavy atom. The lowest BCUT2D eigenvalue weighted by molar-refractivity contribution is 0.203. The van der Waals surface area contributed by atoms with Gasteiger partial charge in [-0.3, -0.25) is 0 Å². The molecule has 1 aromatic rings. The van der Waals surface area contributed by atoms with Gasteiger partial charge in [0, 0.05) is 6.54 Å². The van der Waals surface area contributed by atoms with E-state index in [1.54, 1.807) is 0 Å². The van der Waals surface area contributed by atoms with Gasteiger partial charge in [-0.2, -0.15) is 0 Å². The molecule has 0 amide bonds. The lowest BCUT2D eigenvalue weighted by Crippen LogP contribution is -2.13. The van der Waals surface area contributed by atoms with Crippen LogP contribution in [-0.2, 0) is 6.54 Å². The van der Waals surface area contributed by atoms with Crippen LogP contribution in [0.15, 0.2) is 18.2 Å². The average Bonchev–Trinajstić information content (AvgIpc) is 2.39. The molecule has 0 unspecified atom stereocenters. The lowest BCUT2D eigenvalue weighted by Gasteiger charge is -2.17. The summed E-state index contributed by atoms with van der Waals surface area (Å²) < 4.78 is 11.5. The van der Waals surface area contributed by atoms with Crippen molar-refractivity contribution in [3.63, 3.8) is 0 Å². The van der Waals surface area contributed by atoms with Crippen molar-refractivity contribution in [2.45, 2.75) is 46.8 Å². The summed E-state index contributed by atoms with van der Waals surface area (Å²) in [6.45, 7) is 10.8. The van der Waals surface area contributed by atoms with E-state index in [0.717, 1.165) is 31.0 Å². The van der Waals surface area contributed by atoms with Gasteiger partial charge in [0.1, 0.15) is 0 Å². The zero-order chi connectivity index (χ0) is 13.4. The fraction of sp³-hybridized carbons (Fsp3) is 0.600. The standard InChI is InChI=1S/C15H25NO2/c1-5-12(4)18-14-9-8-13(11-16-6-2)10-15(14)17-7-3/h8-10,12,16H,5-7,11H2,1-4H3/t12-/m1/s1. The summed E-state index contributed by atoms with van der Waals surface area (Å²) in [4.78, 5) is 0. The van der Waals surface area contributed by atoms with E-state index in [9.17, 15) is 0 Å². The van der Waals surface area contributed by atoms with Crippen LogP contribution in [0.5, 0.6) is 11.5 Å². The van der Waals surface area contributed by atoms with Gasteiger partial charge in [0.15, 0.2) is 11.5 Å². The van der Waals surface area contributed by atoms with Gasteiger partial charge in [0.05, 0.1) is 12.7 Å². The molecule has 0 bridgehead atoms. The maximum atomic E-state index is 5.86. The molecule has 1 N–H and O–H groups in total. The van der Waals surface area contributed by atoms with E-state index in [-0.39, 0.29) is 6.10 Å². The highest BCUT2D eigenvalue weighted by Gasteiger charge is 2.09. The van der Waals surface area contributed by atoms with Crippen LogP contribution in [0.25, 0.3) is 0 Å². The lowest BCUT2D eigenvalue weighted by atomic mass is 10.2. The van der Waals surface area contributed by atoms with Crippen LogP contribution < -0.4 is 14.8 Å². The summed E-state index contributed by atoms with van der Waals surface area (Å²) in [5.41, 5.74) is 1.22. The van der Waals surface area contributed by atoms with Crippen molar-refractivity contribution in [2.75, 3.05) is 13.2 Å². The molecule has 1 aromatic carbocycles. The Hall–Kier alpha value is -1.22. The van der Waals surface area contributed by atoms with E-state index in [2.05, 4.69) is 38.2 Å². The van der Waals surface area contributed by atoms with E-state index in [1.807, 2.05) is 13.0 Å². The summed E-state index contributed by atoms with van der Waals surface area (Å²) >= 11 is 0. The smallest absolute Gasteiger partial charge is 0.161 e. The molecule has 0 fully saturated rings. The van der Waals surface area contributed by atoms with E-state index in [1.165, 1.54) is 5.56 Å². The molecule has 3 nitrogen and oxygen atoms in total. The first kappa shape index (κ1) is 14.8. The number of benzene rings is 1. The molecule has 0 saturated carbocycles. The second kappa shape index (κ2) is 7.98. The number of hydrogen-bond donors (Lipinski definition) is 1. The Bertz CT molecular complexity index is 352. The Morgan fingerprint density at radius 3 is 2.56 bits per heavy atom. The average molecular weight is 251 g/mol. The molecule has 0 saturated heterocycles. The molecule has 18 heavy (non-hydrogen) atoms. The van der Waals surface area contributed by atoms with Crippen molar-refractivity contribution in [3.05, 3.63) is 23.8 Å². The summed E-state index contributed by atoms with van der Waals surface area (Å²) in [5.74, 6) is 1.68. The molecule has 0 aromatic heterocycles. The number of ether oxygens (including phenoxy) is 2. The zero-order valence-electron chi connectivity index (χ0n) is 12.0. The second-order valence-electron chi connectivity index (χ2n) is 4.33. The maximum Gasteiger partial charge on any atom is 0.161 e. The molecule has 3 heteroatoms. The highest BCUT2D eigenvalue weighted by molar-refractivity contribution is 5.43. The van der Waals surface area contributed by atoms with Crippen LogP contribution in [-0.4, -0.2) is 19.3 Å². The van der Waals surface area contributed by atoms with Crippen molar-refractivity contribution in [2.24, 2.45) is 0 Å². The Labute approximate surface area is 110 Å². The number of nitrogens with one attached hydrogen (secondary N) is 1. The summed E-state index contributed by atoms with van der Waals surface area (Å²) in [6, 6.07) is 6.15. The largest absolute Gasteiger partial charge is 0.490 e. The van der Waals surface area contributed by atoms with Crippen LogP contribution in [0.1, 0.15) is 39.7 Å². The quantitative estimate of drug-likeness (QED) is 0.768. The van der Waals surface area contributed by atoms with Gasteiger partial charge in [0.25, 0.3) is 0 Å². The van der Waals surface area contributed by atoms with E-state index < -0.39 is 0 Å². The summed E-state index contributed by atoms with van der Waals surface area (Å²) in [5, 5.41) is 3.31. The first-order valence-corrected chi connectivity index (χ1v) is 6.84. The third-order valence-electron chi connectivity index (χ3n) is 2.79. The molecule has 0 aliphatic heterocycles. The minimum Gasteiger partial charge on any atom is -0.490 e. The highest BCUT2D eigenvalue weighted by Crippen LogP contribution is 2.29. The number of rotatable bonds is 8. The van der Waals surface area contributed by atoms with Crippen molar-refractivity contribution in [1.29, 1.82) is 0 Å². The normalized spacial score (nSPS) is 12.2. The van der Waals surface area contributed by atoms with Crippen LogP contribution in [0.4, 0.5) is 0 Å². The summed E-state index contributed by atoms with van der Waals surface area (Å²) in [7, 11) is 0. The molecule has 0 radical (unpaired) electrons. The third-order valence-corrected chi connectivity index (χ3v) is 2.79.